The van der Waals surface area contributed by atoms with E-state index in [9.17, 15) is 19.4 Å². The van der Waals surface area contributed by atoms with E-state index in [1.807, 2.05) is 11.0 Å². The summed E-state index contributed by atoms with van der Waals surface area (Å²) >= 11 is 12.4. The number of amides is 1. The Morgan fingerprint density at radius 2 is 1.84 bits per heavy atom. The molecule has 2 aromatic carbocycles. The van der Waals surface area contributed by atoms with Gasteiger partial charge in [0.15, 0.2) is 0 Å². The minimum absolute atomic E-state index is 0.125. The van der Waals surface area contributed by atoms with Gasteiger partial charge >= 0.3 is 0 Å². The molecule has 196 valence electrons. The maximum Gasteiger partial charge on any atom is 0.236 e. The maximum absolute atomic E-state index is 14.0. The first kappa shape index (κ1) is 27.3. The lowest BCUT2D eigenvalue weighted by atomic mass is 9.83. The quantitative estimate of drug-likeness (QED) is 0.435. The van der Waals surface area contributed by atoms with Gasteiger partial charge in [-0.05, 0) is 80.3 Å². The van der Waals surface area contributed by atoms with Crippen LogP contribution in [-0.2, 0) is 10.2 Å². The number of aryl methyl sites for hydroxylation is 1. The van der Waals surface area contributed by atoms with Crippen LogP contribution in [0.2, 0.25) is 10.0 Å². The topological polar surface area (TPSA) is 76.9 Å². The first-order chi connectivity index (χ1) is 17.4. The fraction of sp³-hybridized carbons (Fsp3) is 0.357. The summed E-state index contributed by atoms with van der Waals surface area (Å²) < 4.78 is 14.0. The monoisotopic (exact) mass is 545 g/mol. The van der Waals surface area contributed by atoms with Crippen LogP contribution in [0.3, 0.4) is 0 Å². The molecule has 1 fully saturated rings. The lowest BCUT2D eigenvalue weighted by molar-refractivity contribution is -0.122. The second-order valence-corrected chi connectivity index (χ2v) is 10.9. The summed E-state index contributed by atoms with van der Waals surface area (Å²) in [5.41, 5.74) is 2.34. The number of aromatic nitrogens is 1. The van der Waals surface area contributed by atoms with Gasteiger partial charge in [-0.1, -0.05) is 29.3 Å². The minimum Gasteiger partial charge on any atom is -0.394 e. The second-order valence-electron chi connectivity index (χ2n) is 10.0. The largest absolute Gasteiger partial charge is 0.394 e. The SMILES string of the molecule is Cc1cc(F)ccc1-c1cc(N2CC(O)CC2CO)ncc1N(C)C(=O)C(C)(C)c1cc(Cl)cc(Cl)c1. The molecular formula is C28H30Cl2FN3O3. The highest BCUT2D eigenvalue weighted by atomic mass is 35.5. The Bertz CT molecular complexity index is 1310. The molecule has 2 heterocycles. The molecule has 2 N–H and O–H groups in total. The molecule has 1 aliphatic rings. The number of nitrogens with zero attached hydrogens (tertiary/aromatic N) is 3. The molecule has 37 heavy (non-hydrogen) atoms. The first-order valence-electron chi connectivity index (χ1n) is 12.0. The van der Waals surface area contributed by atoms with E-state index < -0.39 is 11.5 Å². The Hall–Kier alpha value is -2.71. The number of benzene rings is 2. The summed E-state index contributed by atoms with van der Waals surface area (Å²) in [4.78, 5) is 21.9. The number of halogens is 3. The Morgan fingerprint density at radius 1 is 1.16 bits per heavy atom. The van der Waals surface area contributed by atoms with Crippen molar-refractivity contribution in [3.05, 3.63) is 75.7 Å². The van der Waals surface area contributed by atoms with Crippen molar-refractivity contribution in [2.45, 2.75) is 44.8 Å². The number of aliphatic hydroxyl groups excluding tert-OH is 2. The Labute approximate surface area is 226 Å². The Kier molecular flexibility index (Phi) is 7.81. The van der Waals surface area contributed by atoms with Gasteiger partial charge in [-0.3, -0.25) is 4.79 Å². The molecule has 0 spiro atoms. The van der Waals surface area contributed by atoms with E-state index in [2.05, 4.69) is 4.98 Å². The molecule has 3 aromatic rings. The van der Waals surface area contributed by atoms with Crippen LogP contribution in [0.25, 0.3) is 11.1 Å². The van der Waals surface area contributed by atoms with Crippen LogP contribution < -0.4 is 9.80 Å². The number of hydrogen-bond donors (Lipinski definition) is 2. The van der Waals surface area contributed by atoms with Crippen molar-refractivity contribution in [1.29, 1.82) is 0 Å². The molecule has 4 rings (SSSR count). The molecule has 1 aliphatic heterocycles. The van der Waals surface area contributed by atoms with Gasteiger partial charge in [0, 0.05) is 29.2 Å². The molecule has 1 amide bonds. The molecule has 2 atom stereocenters. The normalized spacial score (nSPS) is 17.8. The summed E-state index contributed by atoms with van der Waals surface area (Å²) in [5.74, 6) is -0.0190. The predicted molar refractivity (Wildman–Crippen MR) is 146 cm³/mol. The van der Waals surface area contributed by atoms with Crippen LogP contribution in [0.4, 0.5) is 15.9 Å². The molecule has 2 unspecified atom stereocenters. The van der Waals surface area contributed by atoms with E-state index in [0.717, 1.165) is 5.56 Å². The smallest absolute Gasteiger partial charge is 0.236 e. The molecule has 0 aliphatic carbocycles. The van der Waals surface area contributed by atoms with Crippen molar-refractivity contribution in [3.63, 3.8) is 0 Å². The number of hydrogen-bond acceptors (Lipinski definition) is 5. The average molecular weight is 546 g/mol. The number of carbonyl (C=O) groups excluding carboxylic acids is 1. The molecule has 9 heteroatoms. The van der Waals surface area contributed by atoms with Gasteiger partial charge in [-0.15, -0.1) is 0 Å². The van der Waals surface area contributed by atoms with Crippen LogP contribution in [0.1, 0.15) is 31.4 Å². The van der Waals surface area contributed by atoms with E-state index in [1.165, 1.54) is 17.0 Å². The number of anilines is 2. The minimum atomic E-state index is -0.974. The molecular weight excluding hydrogens is 516 g/mol. The van der Waals surface area contributed by atoms with Crippen molar-refractivity contribution in [2.24, 2.45) is 0 Å². The number of rotatable bonds is 6. The summed E-state index contributed by atoms with van der Waals surface area (Å²) in [7, 11) is 1.67. The van der Waals surface area contributed by atoms with Crippen molar-refractivity contribution in [1.82, 2.24) is 4.98 Å². The molecule has 0 radical (unpaired) electrons. The number of carbonyl (C=O) groups is 1. The van der Waals surface area contributed by atoms with Crippen LogP contribution in [-0.4, -0.2) is 53.4 Å². The van der Waals surface area contributed by atoms with Crippen LogP contribution >= 0.6 is 23.2 Å². The summed E-state index contributed by atoms with van der Waals surface area (Å²) in [6, 6.07) is 11.1. The standard InChI is InChI=1S/C28H30Cl2FN3O3/c1-16-7-20(31)5-6-23(16)24-12-26(34-14-22(36)11-21(34)15-35)32-13-25(24)33(4)27(37)28(2,3)17-8-18(29)10-19(30)9-17/h5-10,12-13,21-22,35-36H,11,14-15H2,1-4H3. The number of aliphatic hydroxyl groups is 2. The molecule has 6 nitrogen and oxygen atoms in total. The van der Waals surface area contributed by atoms with E-state index in [-0.39, 0.29) is 24.4 Å². The molecule has 1 aromatic heterocycles. The van der Waals surface area contributed by atoms with Crippen LogP contribution in [0.15, 0.2) is 48.7 Å². The van der Waals surface area contributed by atoms with E-state index in [0.29, 0.717) is 51.2 Å². The fourth-order valence-electron chi connectivity index (χ4n) is 4.92. The van der Waals surface area contributed by atoms with Crippen molar-refractivity contribution >= 4 is 40.6 Å². The van der Waals surface area contributed by atoms with Crippen molar-refractivity contribution < 1.29 is 19.4 Å². The second kappa shape index (κ2) is 10.6. The van der Waals surface area contributed by atoms with Gasteiger partial charge < -0.3 is 20.0 Å². The highest BCUT2D eigenvalue weighted by molar-refractivity contribution is 6.34. The fourth-order valence-corrected chi connectivity index (χ4v) is 5.44. The Balaban J connectivity index is 1.81. The lowest BCUT2D eigenvalue weighted by Crippen LogP contribution is -2.42. The average Bonchev–Trinajstić information content (AvgIpc) is 3.23. The van der Waals surface area contributed by atoms with E-state index in [4.69, 9.17) is 23.2 Å². The Morgan fingerprint density at radius 3 is 2.46 bits per heavy atom. The van der Waals surface area contributed by atoms with Crippen LogP contribution in [0, 0.1) is 12.7 Å². The van der Waals surface area contributed by atoms with Crippen molar-refractivity contribution in [3.8, 4) is 11.1 Å². The molecule has 1 saturated heterocycles. The van der Waals surface area contributed by atoms with Crippen LogP contribution in [0.5, 0.6) is 0 Å². The van der Waals surface area contributed by atoms with Gasteiger partial charge in [0.1, 0.15) is 11.6 Å². The maximum atomic E-state index is 14.0. The third kappa shape index (κ3) is 5.46. The molecule has 0 saturated carbocycles. The van der Waals surface area contributed by atoms with Gasteiger partial charge in [0.25, 0.3) is 0 Å². The predicted octanol–water partition coefficient (Wildman–Crippen LogP) is 5.38. The zero-order valence-corrected chi connectivity index (χ0v) is 22.7. The summed E-state index contributed by atoms with van der Waals surface area (Å²) in [5, 5.41) is 20.9. The highest BCUT2D eigenvalue weighted by Gasteiger charge is 2.36. The summed E-state index contributed by atoms with van der Waals surface area (Å²) in [6.07, 6.45) is 1.45. The van der Waals surface area contributed by atoms with Gasteiger partial charge in [-0.25, -0.2) is 9.37 Å². The highest BCUT2D eigenvalue weighted by Crippen LogP contribution is 2.39. The molecule has 0 bridgehead atoms. The lowest BCUT2D eigenvalue weighted by Gasteiger charge is -2.32. The number of pyridine rings is 1. The van der Waals surface area contributed by atoms with E-state index >= 15 is 0 Å². The zero-order chi connectivity index (χ0) is 27.1. The summed E-state index contributed by atoms with van der Waals surface area (Å²) in [6.45, 7) is 5.61. The van der Waals surface area contributed by atoms with Crippen molar-refractivity contribution in [2.75, 3.05) is 30.0 Å². The van der Waals surface area contributed by atoms with Gasteiger partial charge in [0.05, 0.1) is 36.1 Å². The number of likely N-dealkylation sites (N-methyl/N-ethyl adjacent to an activating group) is 1. The first-order valence-corrected chi connectivity index (χ1v) is 12.7. The van der Waals surface area contributed by atoms with E-state index in [1.54, 1.807) is 58.3 Å². The zero-order valence-electron chi connectivity index (χ0n) is 21.2. The third-order valence-corrected chi connectivity index (χ3v) is 7.47. The van der Waals surface area contributed by atoms with Gasteiger partial charge in [-0.2, -0.15) is 0 Å². The van der Waals surface area contributed by atoms with Gasteiger partial charge in [0.2, 0.25) is 5.91 Å². The third-order valence-electron chi connectivity index (χ3n) is 7.03. The number of β-amino-alcohol motifs (C(OH)–C–C–N with tert-alkyl or cyclic N) is 1.